The van der Waals surface area contributed by atoms with Gasteiger partial charge in [0.15, 0.2) is 5.96 Å². The molecule has 172 valence electrons. The number of likely N-dealkylation sites (tertiary alicyclic amines) is 1. The van der Waals surface area contributed by atoms with Gasteiger partial charge >= 0.3 is 0 Å². The zero-order valence-corrected chi connectivity index (χ0v) is 22.0. The topological polar surface area (TPSA) is 65.7 Å². The Morgan fingerprint density at radius 2 is 1.77 bits per heavy atom. The van der Waals surface area contributed by atoms with Gasteiger partial charge in [0.05, 0.1) is 12.2 Å². The Labute approximate surface area is 204 Å². The molecule has 0 amide bonds. The number of hydrogen-bond donors (Lipinski definition) is 2. The van der Waals surface area contributed by atoms with Crippen LogP contribution < -0.4 is 10.6 Å². The first-order valence-corrected chi connectivity index (χ1v) is 11.1. The van der Waals surface area contributed by atoms with Gasteiger partial charge in [-0.05, 0) is 71.5 Å². The predicted octanol–water partition coefficient (Wildman–Crippen LogP) is 4.15. The standard InChI is InChI=1S/C24H37N5O.HI/c1-17-12-18(2)14-22(13-17)6-9-26-24(25-5)27-15-21-7-10-29(11-8-21)16-23-28-19(3)20(4)30-23;/h12-14,21H,6-11,15-16H2,1-5H3,(H2,25,26,27);1H. The fourth-order valence-electron chi connectivity index (χ4n) is 4.15. The van der Waals surface area contributed by atoms with Gasteiger partial charge in [-0.15, -0.1) is 24.0 Å². The molecule has 7 heteroatoms. The predicted molar refractivity (Wildman–Crippen MR) is 138 cm³/mol. The van der Waals surface area contributed by atoms with Crippen molar-refractivity contribution in [2.24, 2.45) is 10.9 Å². The molecule has 1 fully saturated rings. The second-order valence-corrected chi connectivity index (χ2v) is 8.59. The summed E-state index contributed by atoms with van der Waals surface area (Å²) in [7, 11) is 1.84. The third kappa shape index (κ3) is 8.11. The molecule has 0 bridgehead atoms. The summed E-state index contributed by atoms with van der Waals surface area (Å²) in [6.45, 7) is 13.1. The number of guanidine groups is 1. The summed E-state index contributed by atoms with van der Waals surface area (Å²) in [4.78, 5) is 11.3. The van der Waals surface area contributed by atoms with E-state index in [1.165, 1.54) is 29.5 Å². The van der Waals surface area contributed by atoms with Gasteiger partial charge in [0.1, 0.15) is 5.76 Å². The summed E-state index contributed by atoms with van der Waals surface area (Å²) in [6, 6.07) is 6.75. The van der Waals surface area contributed by atoms with Crippen LogP contribution in [0, 0.1) is 33.6 Å². The van der Waals surface area contributed by atoms with Gasteiger partial charge in [0, 0.05) is 20.1 Å². The highest BCUT2D eigenvalue weighted by Crippen LogP contribution is 2.19. The number of nitrogens with one attached hydrogen (secondary N) is 2. The Hall–Kier alpha value is -1.61. The molecule has 0 atom stereocenters. The van der Waals surface area contributed by atoms with E-state index in [0.717, 1.165) is 62.4 Å². The second-order valence-electron chi connectivity index (χ2n) is 8.59. The fourth-order valence-corrected chi connectivity index (χ4v) is 4.15. The zero-order chi connectivity index (χ0) is 21.5. The molecule has 1 aliphatic rings. The van der Waals surface area contributed by atoms with E-state index in [0.29, 0.717) is 5.92 Å². The maximum atomic E-state index is 5.73. The summed E-state index contributed by atoms with van der Waals surface area (Å²) in [5.74, 6) is 3.34. The minimum absolute atomic E-state index is 0. The van der Waals surface area contributed by atoms with Crippen molar-refractivity contribution in [1.82, 2.24) is 20.5 Å². The van der Waals surface area contributed by atoms with Crippen molar-refractivity contribution >= 4 is 29.9 Å². The Balaban J connectivity index is 0.00000341. The van der Waals surface area contributed by atoms with Gasteiger partial charge in [-0.25, -0.2) is 4.98 Å². The van der Waals surface area contributed by atoms with Crippen LogP contribution in [0.5, 0.6) is 0 Å². The summed E-state index contributed by atoms with van der Waals surface area (Å²) in [5.41, 5.74) is 5.03. The molecule has 0 radical (unpaired) electrons. The van der Waals surface area contributed by atoms with E-state index in [-0.39, 0.29) is 24.0 Å². The molecular weight excluding hydrogens is 501 g/mol. The number of aromatic nitrogens is 1. The molecule has 2 heterocycles. The maximum Gasteiger partial charge on any atom is 0.208 e. The average Bonchev–Trinajstić information content (AvgIpc) is 3.02. The van der Waals surface area contributed by atoms with E-state index in [1.54, 1.807) is 0 Å². The number of halogens is 1. The highest BCUT2D eigenvalue weighted by atomic mass is 127. The molecule has 6 nitrogen and oxygen atoms in total. The highest BCUT2D eigenvalue weighted by Gasteiger charge is 2.21. The molecule has 2 aromatic rings. The number of hydrogen-bond acceptors (Lipinski definition) is 4. The van der Waals surface area contributed by atoms with Crippen LogP contribution in [0.25, 0.3) is 0 Å². The van der Waals surface area contributed by atoms with E-state index in [9.17, 15) is 0 Å². The van der Waals surface area contributed by atoms with Crippen LogP contribution in [0.3, 0.4) is 0 Å². The molecular formula is C24H38IN5O. The molecule has 0 saturated carbocycles. The van der Waals surface area contributed by atoms with Crippen LogP contribution in [0.1, 0.15) is 46.9 Å². The van der Waals surface area contributed by atoms with Gasteiger partial charge in [0.25, 0.3) is 0 Å². The van der Waals surface area contributed by atoms with Crippen LogP contribution in [-0.2, 0) is 13.0 Å². The number of aryl methyl sites for hydroxylation is 4. The number of piperidine rings is 1. The van der Waals surface area contributed by atoms with E-state index in [2.05, 4.69) is 57.6 Å². The lowest BCUT2D eigenvalue weighted by Crippen LogP contribution is -2.43. The van der Waals surface area contributed by atoms with Crippen molar-refractivity contribution in [3.8, 4) is 0 Å². The Kier molecular flexibility index (Phi) is 10.3. The van der Waals surface area contributed by atoms with Crippen LogP contribution in [-0.4, -0.2) is 49.1 Å². The molecule has 1 aromatic heterocycles. The molecule has 2 N–H and O–H groups in total. The van der Waals surface area contributed by atoms with E-state index < -0.39 is 0 Å². The minimum atomic E-state index is 0. The van der Waals surface area contributed by atoms with Crippen molar-refractivity contribution < 1.29 is 4.42 Å². The van der Waals surface area contributed by atoms with Crippen LogP contribution in [0.4, 0.5) is 0 Å². The number of oxazole rings is 1. The SMILES string of the molecule is CN=C(NCCc1cc(C)cc(C)c1)NCC1CCN(Cc2nc(C)c(C)o2)CC1.I. The monoisotopic (exact) mass is 539 g/mol. The molecule has 1 aromatic carbocycles. The van der Waals surface area contributed by atoms with Crippen molar-refractivity contribution in [3.63, 3.8) is 0 Å². The minimum Gasteiger partial charge on any atom is -0.444 e. The Morgan fingerprint density at radius 3 is 2.35 bits per heavy atom. The number of nitrogens with zero attached hydrogens (tertiary/aromatic N) is 3. The van der Waals surface area contributed by atoms with Crippen molar-refractivity contribution in [1.29, 1.82) is 0 Å². The lowest BCUT2D eigenvalue weighted by Gasteiger charge is -2.31. The molecule has 0 spiro atoms. The van der Waals surface area contributed by atoms with Crippen LogP contribution in [0.2, 0.25) is 0 Å². The summed E-state index contributed by atoms with van der Waals surface area (Å²) in [6.07, 6.45) is 3.37. The third-order valence-electron chi connectivity index (χ3n) is 5.91. The lowest BCUT2D eigenvalue weighted by molar-refractivity contribution is 0.164. The first-order chi connectivity index (χ1) is 14.4. The average molecular weight is 540 g/mol. The van der Waals surface area contributed by atoms with Gasteiger partial charge < -0.3 is 15.1 Å². The van der Waals surface area contributed by atoms with E-state index >= 15 is 0 Å². The number of rotatable bonds is 7. The quantitative estimate of drug-likeness (QED) is 0.315. The summed E-state index contributed by atoms with van der Waals surface area (Å²) < 4.78 is 5.73. The second kappa shape index (κ2) is 12.4. The Bertz CT molecular complexity index is 816. The molecule has 1 aliphatic heterocycles. The molecule has 3 rings (SSSR count). The van der Waals surface area contributed by atoms with Crippen molar-refractivity contribution in [2.75, 3.05) is 33.2 Å². The van der Waals surface area contributed by atoms with Crippen LogP contribution in [0.15, 0.2) is 27.6 Å². The molecule has 0 unspecified atom stereocenters. The van der Waals surface area contributed by atoms with Crippen molar-refractivity contribution in [3.05, 3.63) is 52.2 Å². The lowest BCUT2D eigenvalue weighted by atomic mass is 9.97. The summed E-state index contributed by atoms with van der Waals surface area (Å²) >= 11 is 0. The molecule has 1 saturated heterocycles. The number of benzene rings is 1. The molecule has 31 heavy (non-hydrogen) atoms. The zero-order valence-electron chi connectivity index (χ0n) is 19.6. The largest absolute Gasteiger partial charge is 0.444 e. The maximum absolute atomic E-state index is 5.73. The van der Waals surface area contributed by atoms with Crippen LogP contribution >= 0.6 is 24.0 Å². The van der Waals surface area contributed by atoms with E-state index in [1.807, 2.05) is 20.9 Å². The first-order valence-electron chi connectivity index (χ1n) is 11.1. The third-order valence-corrected chi connectivity index (χ3v) is 5.91. The first kappa shape index (κ1) is 25.6. The Morgan fingerprint density at radius 1 is 1.10 bits per heavy atom. The van der Waals surface area contributed by atoms with Crippen molar-refractivity contribution in [2.45, 2.75) is 53.5 Å². The number of aliphatic imine (C=N–C) groups is 1. The van der Waals surface area contributed by atoms with E-state index in [4.69, 9.17) is 4.42 Å². The normalized spacial score (nSPS) is 15.6. The molecule has 0 aliphatic carbocycles. The van der Waals surface area contributed by atoms with Gasteiger partial charge in [0.2, 0.25) is 5.89 Å². The van der Waals surface area contributed by atoms with Gasteiger partial charge in [-0.3, -0.25) is 9.89 Å². The van der Waals surface area contributed by atoms with Gasteiger partial charge in [-0.1, -0.05) is 29.3 Å². The smallest absolute Gasteiger partial charge is 0.208 e. The highest BCUT2D eigenvalue weighted by molar-refractivity contribution is 14.0. The van der Waals surface area contributed by atoms with Gasteiger partial charge in [-0.2, -0.15) is 0 Å². The summed E-state index contributed by atoms with van der Waals surface area (Å²) in [5, 5.41) is 6.97. The fraction of sp³-hybridized carbons (Fsp3) is 0.583.